The minimum atomic E-state index is -3.58. The molecule has 1 aromatic carbocycles. The predicted molar refractivity (Wildman–Crippen MR) is 89.1 cm³/mol. The van der Waals surface area contributed by atoms with Gasteiger partial charge in [0.2, 0.25) is 10.0 Å². The Morgan fingerprint density at radius 3 is 2.62 bits per heavy atom. The number of amides is 1. The van der Waals surface area contributed by atoms with Crippen LogP contribution < -0.4 is 4.72 Å². The summed E-state index contributed by atoms with van der Waals surface area (Å²) in [5.74, 6) is 0.766. The molecule has 1 N–H and O–H groups in total. The van der Waals surface area contributed by atoms with Crippen LogP contribution >= 0.6 is 0 Å². The maximum Gasteiger partial charge on any atom is 0.289 e. The van der Waals surface area contributed by atoms with E-state index >= 15 is 0 Å². The Labute approximate surface area is 141 Å². The van der Waals surface area contributed by atoms with Crippen LogP contribution in [0.5, 0.6) is 0 Å². The van der Waals surface area contributed by atoms with Gasteiger partial charge in [0.1, 0.15) is 5.76 Å². The maximum atomic E-state index is 12.4. The predicted octanol–water partition coefficient (Wildman–Crippen LogP) is 2.17. The number of nitrogens with one attached hydrogen (secondary N) is 1. The number of carbonyl (C=O) groups is 1. The summed E-state index contributed by atoms with van der Waals surface area (Å²) in [7, 11) is -3.58. The Balaban J connectivity index is 1.69. The molecule has 1 unspecified atom stereocenters. The molecule has 0 bridgehead atoms. The number of sulfonamides is 1. The van der Waals surface area contributed by atoms with E-state index in [0.29, 0.717) is 31.0 Å². The first kappa shape index (κ1) is 16.7. The van der Waals surface area contributed by atoms with Crippen LogP contribution in [0.2, 0.25) is 0 Å². The zero-order valence-electron chi connectivity index (χ0n) is 13.4. The summed E-state index contributed by atoms with van der Waals surface area (Å²) in [6.07, 6.45) is 1.44. The second kappa shape index (κ2) is 6.78. The molecule has 7 heteroatoms. The van der Waals surface area contributed by atoms with E-state index in [4.69, 9.17) is 4.42 Å². The van der Waals surface area contributed by atoms with Crippen LogP contribution in [0, 0.1) is 6.92 Å². The van der Waals surface area contributed by atoms with Crippen molar-refractivity contribution in [3.8, 4) is 0 Å². The third-order valence-corrected chi connectivity index (χ3v) is 5.57. The van der Waals surface area contributed by atoms with Gasteiger partial charge < -0.3 is 9.32 Å². The van der Waals surface area contributed by atoms with Gasteiger partial charge in [-0.25, -0.2) is 13.1 Å². The molecule has 1 fully saturated rings. The van der Waals surface area contributed by atoms with Crippen LogP contribution in [0.15, 0.2) is 51.8 Å². The highest BCUT2D eigenvalue weighted by Gasteiger charge is 2.29. The standard InChI is InChI=1S/C17H20N2O4S/c1-13-9-10-16(23-13)17(20)19-11-5-6-14(12-19)18-24(21,22)15-7-3-2-4-8-15/h2-4,7-10,14,18H,5-6,11-12H2,1H3. The number of rotatable bonds is 4. The number of aryl methyl sites for hydroxylation is 1. The molecular weight excluding hydrogens is 328 g/mol. The number of benzene rings is 1. The Hall–Kier alpha value is -2.12. The van der Waals surface area contributed by atoms with E-state index < -0.39 is 10.0 Å². The van der Waals surface area contributed by atoms with Gasteiger partial charge in [0.15, 0.2) is 5.76 Å². The Bertz CT molecular complexity index is 814. The summed E-state index contributed by atoms with van der Waals surface area (Å²) in [6, 6.07) is 11.3. The molecule has 1 aliphatic heterocycles. The van der Waals surface area contributed by atoms with Gasteiger partial charge in [-0.2, -0.15) is 0 Å². The SMILES string of the molecule is Cc1ccc(C(=O)N2CCCC(NS(=O)(=O)c3ccccc3)C2)o1. The van der Waals surface area contributed by atoms with Crippen LogP contribution in [0.25, 0.3) is 0 Å². The minimum absolute atomic E-state index is 0.202. The first-order chi connectivity index (χ1) is 11.5. The number of likely N-dealkylation sites (tertiary alicyclic amines) is 1. The van der Waals surface area contributed by atoms with E-state index in [-0.39, 0.29) is 16.8 Å². The fourth-order valence-electron chi connectivity index (χ4n) is 2.85. The van der Waals surface area contributed by atoms with E-state index in [1.807, 2.05) is 0 Å². The first-order valence-electron chi connectivity index (χ1n) is 7.89. The highest BCUT2D eigenvalue weighted by molar-refractivity contribution is 7.89. The molecule has 0 saturated carbocycles. The normalized spacial score (nSPS) is 18.5. The number of hydrogen-bond donors (Lipinski definition) is 1. The van der Waals surface area contributed by atoms with Gasteiger partial charge in [-0.3, -0.25) is 4.79 Å². The molecular formula is C17H20N2O4S. The van der Waals surface area contributed by atoms with Gasteiger partial charge in [-0.15, -0.1) is 0 Å². The second-order valence-corrected chi connectivity index (χ2v) is 7.65. The number of carbonyl (C=O) groups excluding carboxylic acids is 1. The molecule has 1 aliphatic rings. The Morgan fingerprint density at radius 1 is 1.21 bits per heavy atom. The van der Waals surface area contributed by atoms with Gasteiger partial charge in [-0.1, -0.05) is 18.2 Å². The van der Waals surface area contributed by atoms with Crippen LogP contribution in [-0.4, -0.2) is 38.4 Å². The summed E-state index contributed by atoms with van der Waals surface area (Å²) in [5, 5.41) is 0. The van der Waals surface area contributed by atoms with Crippen molar-refractivity contribution in [3.05, 3.63) is 54.0 Å². The highest BCUT2D eigenvalue weighted by atomic mass is 32.2. The lowest BCUT2D eigenvalue weighted by Gasteiger charge is -2.32. The lowest BCUT2D eigenvalue weighted by Crippen LogP contribution is -2.49. The van der Waals surface area contributed by atoms with Crippen LogP contribution in [-0.2, 0) is 10.0 Å². The van der Waals surface area contributed by atoms with Crippen LogP contribution in [0.4, 0.5) is 0 Å². The van der Waals surface area contributed by atoms with E-state index in [9.17, 15) is 13.2 Å². The molecule has 0 aliphatic carbocycles. The number of furan rings is 1. The highest BCUT2D eigenvalue weighted by Crippen LogP contribution is 2.17. The molecule has 1 amide bonds. The van der Waals surface area contributed by atoms with Crippen molar-refractivity contribution in [1.29, 1.82) is 0 Å². The smallest absolute Gasteiger partial charge is 0.289 e. The average molecular weight is 348 g/mol. The molecule has 2 heterocycles. The summed E-state index contributed by atoms with van der Waals surface area (Å²) in [4.78, 5) is 14.3. The molecule has 3 rings (SSSR count). The maximum absolute atomic E-state index is 12.4. The molecule has 0 radical (unpaired) electrons. The van der Waals surface area contributed by atoms with E-state index in [0.717, 1.165) is 6.42 Å². The van der Waals surface area contributed by atoms with Crippen molar-refractivity contribution in [2.75, 3.05) is 13.1 Å². The van der Waals surface area contributed by atoms with E-state index in [2.05, 4.69) is 4.72 Å². The fourth-order valence-corrected chi connectivity index (χ4v) is 4.13. The molecule has 2 aromatic rings. The van der Waals surface area contributed by atoms with Gasteiger partial charge in [-0.05, 0) is 44.0 Å². The van der Waals surface area contributed by atoms with Crippen LogP contribution in [0.1, 0.15) is 29.2 Å². The molecule has 1 atom stereocenters. The van der Waals surface area contributed by atoms with E-state index in [1.54, 1.807) is 54.3 Å². The number of piperidine rings is 1. The lowest BCUT2D eigenvalue weighted by molar-refractivity contribution is 0.0669. The summed E-state index contributed by atoms with van der Waals surface area (Å²) >= 11 is 0. The molecule has 128 valence electrons. The van der Waals surface area contributed by atoms with Crippen molar-refractivity contribution in [2.45, 2.75) is 30.7 Å². The fraction of sp³-hybridized carbons (Fsp3) is 0.353. The number of nitrogens with zero attached hydrogens (tertiary/aromatic N) is 1. The van der Waals surface area contributed by atoms with Crippen molar-refractivity contribution in [1.82, 2.24) is 9.62 Å². The first-order valence-corrected chi connectivity index (χ1v) is 9.37. The van der Waals surface area contributed by atoms with Gasteiger partial charge in [0.25, 0.3) is 5.91 Å². The largest absolute Gasteiger partial charge is 0.456 e. The molecule has 6 nitrogen and oxygen atoms in total. The summed E-state index contributed by atoms with van der Waals surface area (Å²) in [5.41, 5.74) is 0. The molecule has 0 spiro atoms. The van der Waals surface area contributed by atoms with Gasteiger partial charge >= 0.3 is 0 Å². The summed E-state index contributed by atoms with van der Waals surface area (Å²) in [6.45, 7) is 2.72. The quantitative estimate of drug-likeness (QED) is 0.918. The second-order valence-electron chi connectivity index (χ2n) is 5.93. The van der Waals surface area contributed by atoms with Crippen LogP contribution in [0.3, 0.4) is 0 Å². The van der Waals surface area contributed by atoms with Crippen molar-refractivity contribution >= 4 is 15.9 Å². The molecule has 1 saturated heterocycles. The lowest BCUT2D eigenvalue weighted by atomic mass is 10.1. The zero-order chi connectivity index (χ0) is 17.2. The topological polar surface area (TPSA) is 79.6 Å². The number of hydrogen-bond acceptors (Lipinski definition) is 4. The molecule has 1 aromatic heterocycles. The van der Waals surface area contributed by atoms with Gasteiger partial charge in [0, 0.05) is 19.1 Å². The van der Waals surface area contributed by atoms with Crippen molar-refractivity contribution in [2.24, 2.45) is 0 Å². The van der Waals surface area contributed by atoms with Crippen molar-refractivity contribution in [3.63, 3.8) is 0 Å². The van der Waals surface area contributed by atoms with Crippen molar-refractivity contribution < 1.29 is 17.6 Å². The zero-order valence-corrected chi connectivity index (χ0v) is 14.3. The molecule has 24 heavy (non-hydrogen) atoms. The van der Waals surface area contributed by atoms with Gasteiger partial charge in [0.05, 0.1) is 4.90 Å². The Morgan fingerprint density at radius 2 is 1.96 bits per heavy atom. The Kier molecular flexibility index (Phi) is 4.73. The monoisotopic (exact) mass is 348 g/mol. The average Bonchev–Trinajstić information content (AvgIpc) is 3.01. The third-order valence-electron chi connectivity index (χ3n) is 4.04. The summed E-state index contributed by atoms with van der Waals surface area (Å²) < 4.78 is 32.9. The van der Waals surface area contributed by atoms with E-state index in [1.165, 1.54) is 0 Å². The third kappa shape index (κ3) is 3.68. The minimum Gasteiger partial charge on any atom is -0.456 e.